The van der Waals surface area contributed by atoms with Crippen molar-refractivity contribution in [3.63, 3.8) is 0 Å². The zero-order chi connectivity index (χ0) is 16.2. The van der Waals surface area contributed by atoms with E-state index in [0.717, 1.165) is 0 Å². The molecular formula is C15H20N2O4S. The topological polar surface area (TPSA) is 92.3 Å². The minimum absolute atomic E-state index is 0.0257. The Morgan fingerprint density at radius 3 is 2.50 bits per heavy atom. The molecule has 120 valence electrons. The van der Waals surface area contributed by atoms with Crippen LogP contribution in [-0.4, -0.2) is 43.8 Å². The van der Waals surface area contributed by atoms with Crippen molar-refractivity contribution in [3.05, 3.63) is 35.9 Å². The third kappa shape index (κ3) is 4.56. The van der Waals surface area contributed by atoms with Gasteiger partial charge in [-0.15, -0.1) is 0 Å². The summed E-state index contributed by atoms with van der Waals surface area (Å²) in [7, 11) is -3.05. The molecule has 0 spiro atoms. The maximum absolute atomic E-state index is 11.9. The van der Waals surface area contributed by atoms with Crippen LogP contribution in [0.5, 0.6) is 0 Å². The Morgan fingerprint density at radius 2 is 1.91 bits per heavy atom. The van der Waals surface area contributed by atoms with Crippen LogP contribution in [0.2, 0.25) is 0 Å². The summed E-state index contributed by atoms with van der Waals surface area (Å²) in [5.74, 6) is -0.410. The molecule has 1 heterocycles. The molecule has 22 heavy (non-hydrogen) atoms. The number of hydrogen-bond donors (Lipinski definition) is 2. The van der Waals surface area contributed by atoms with Crippen LogP contribution < -0.4 is 10.6 Å². The van der Waals surface area contributed by atoms with E-state index in [0.29, 0.717) is 12.0 Å². The Bertz CT molecular complexity index is 657. The third-order valence-electron chi connectivity index (χ3n) is 3.62. The Hall–Kier alpha value is -1.89. The number of carbonyl (C=O) groups excluding carboxylic acids is 2. The molecular weight excluding hydrogens is 304 g/mol. The predicted octanol–water partition coefficient (Wildman–Crippen LogP) is 0.500. The number of hydrogen-bond acceptors (Lipinski definition) is 4. The first-order valence-electron chi connectivity index (χ1n) is 7.14. The monoisotopic (exact) mass is 324 g/mol. The summed E-state index contributed by atoms with van der Waals surface area (Å²) in [5, 5.41) is 5.42. The zero-order valence-electron chi connectivity index (χ0n) is 12.5. The highest BCUT2D eigenvalue weighted by molar-refractivity contribution is 7.91. The average Bonchev–Trinajstić information content (AvgIpc) is 2.73. The van der Waals surface area contributed by atoms with Gasteiger partial charge in [-0.1, -0.05) is 18.2 Å². The predicted molar refractivity (Wildman–Crippen MR) is 83.2 cm³/mol. The van der Waals surface area contributed by atoms with Gasteiger partial charge in [0.1, 0.15) is 0 Å². The summed E-state index contributed by atoms with van der Waals surface area (Å²) in [6.07, 6.45) is 0.547. The van der Waals surface area contributed by atoms with Crippen LogP contribution >= 0.6 is 0 Å². The van der Waals surface area contributed by atoms with Gasteiger partial charge in [0.25, 0.3) is 5.91 Å². The molecule has 6 nitrogen and oxygen atoms in total. The highest BCUT2D eigenvalue weighted by atomic mass is 32.2. The van der Waals surface area contributed by atoms with Crippen LogP contribution in [0.15, 0.2) is 30.3 Å². The fourth-order valence-electron chi connectivity index (χ4n) is 2.49. The minimum Gasteiger partial charge on any atom is -0.352 e. The first-order chi connectivity index (χ1) is 10.3. The lowest BCUT2D eigenvalue weighted by Crippen LogP contribution is -2.47. The van der Waals surface area contributed by atoms with E-state index in [-0.39, 0.29) is 36.3 Å². The molecule has 0 aromatic heterocycles. The van der Waals surface area contributed by atoms with Gasteiger partial charge in [-0.25, -0.2) is 8.42 Å². The van der Waals surface area contributed by atoms with Crippen LogP contribution in [0.1, 0.15) is 30.1 Å². The lowest BCUT2D eigenvalue weighted by Gasteiger charge is -2.23. The van der Waals surface area contributed by atoms with Gasteiger partial charge >= 0.3 is 0 Å². The average molecular weight is 324 g/mol. The van der Waals surface area contributed by atoms with Crippen molar-refractivity contribution in [2.75, 3.05) is 18.1 Å². The second-order valence-corrected chi connectivity index (χ2v) is 8.01. The molecule has 0 radical (unpaired) electrons. The zero-order valence-corrected chi connectivity index (χ0v) is 13.3. The molecule has 1 atom stereocenters. The van der Waals surface area contributed by atoms with E-state index in [4.69, 9.17) is 0 Å². The van der Waals surface area contributed by atoms with Gasteiger partial charge in [-0.2, -0.15) is 0 Å². The molecule has 1 saturated heterocycles. The Kier molecular flexibility index (Phi) is 4.85. The Labute approximate surface area is 130 Å². The highest BCUT2D eigenvalue weighted by Crippen LogP contribution is 2.22. The van der Waals surface area contributed by atoms with Crippen molar-refractivity contribution in [2.45, 2.75) is 25.3 Å². The summed E-state index contributed by atoms with van der Waals surface area (Å²) in [5.41, 5.74) is -0.156. The number of sulfone groups is 1. The van der Waals surface area contributed by atoms with E-state index in [9.17, 15) is 18.0 Å². The normalized spacial score (nSPS) is 23.0. The number of benzene rings is 1. The van der Waals surface area contributed by atoms with Crippen molar-refractivity contribution < 1.29 is 18.0 Å². The van der Waals surface area contributed by atoms with Crippen LogP contribution in [-0.2, 0) is 14.6 Å². The number of rotatable bonds is 5. The minimum atomic E-state index is -3.05. The van der Waals surface area contributed by atoms with Gasteiger partial charge in [0.2, 0.25) is 5.91 Å². The molecule has 1 aliphatic heterocycles. The summed E-state index contributed by atoms with van der Waals surface area (Å²) in [6, 6.07) is 8.74. The Balaban J connectivity index is 1.76. The first kappa shape index (κ1) is 16.5. The number of amides is 2. The maximum atomic E-state index is 11.9. The van der Waals surface area contributed by atoms with Gasteiger partial charge in [-0.3, -0.25) is 9.59 Å². The van der Waals surface area contributed by atoms with E-state index in [1.54, 1.807) is 31.2 Å². The van der Waals surface area contributed by atoms with E-state index in [2.05, 4.69) is 10.6 Å². The second kappa shape index (κ2) is 6.48. The molecule has 1 fully saturated rings. The summed E-state index contributed by atoms with van der Waals surface area (Å²) >= 11 is 0. The summed E-state index contributed by atoms with van der Waals surface area (Å²) in [6.45, 7) is 1.94. The molecule has 0 saturated carbocycles. The van der Waals surface area contributed by atoms with Gasteiger partial charge < -0.3 is 10.6 Å². The first-order valence-corrected chi connectivity index (χ1v) is 8.97. The van der Waals surface area contributed by atoms with Crippen LogP contribution in [0.3, 0.4) is 0 Å². The van der Waals surface area contributed by atoms with Crippen molar-refractivity contribution >= 4 is 21.7 Å². The van der Waals surface area contributed by atoms with E-state index in [1.807, 2.05) is 6.07 Å². The summed E-state index contributed by atoms with van der Waals surface area (Å²) in [4.78, 5) is 23.7. The van der Waals surface area contributed by atoms with E-state index >= 15 is 0 Å². The quantitative estimate of drug-likeness (QED) is 0.825. The number of nitrogens with one attached hydrogen (secondary N) is 2. The number of carbonyl (C=O) groups is 2. The van der Waals surface area contributed by atoms with Crippen molar-refractivity contribution in [2.24, 2.45) is 0 Å². The lowest BCUT2D eigenvalue weighted by atomic mass is 10.0. The largest absolute Gasteiger partial charge is 0.352 e. The van der Waals surface area contributed by atoms with Crippen molar-refractivity contribution in [1.82, 2.24) is 10.6 Å². The van der Waals surface area contributed by atoms with Gasteiger partial charge in [0.15, 0.2) is 9.84 Å². The molecule has 0 aliphatic carbocycles. The van der Waals surface area contributed by atoms with Crippen LogP contribution in [0.4, 0.5) is 0 Å². The van der Waals surface area contributed by atoms with Gasteiger partial charge in [0.05, 0.1) is 17.0 Å². The fraction of sp³-hybridized carbons (Fsp3) is 0.467. The van der Waals surface area contributed by atoms with Crippen LogP contribution in [0, 0.1) is 0 Å². The molecule has 1 aromatic carbocycles. The SMILES string of the molecule is C[C@@]1(NC(=O)CCNC(=O)c2ccccc2)CCS(=O)(=O)C1. The molecule has 2 N–H and O–H groups in total. The van der Waals surface area contributed by atoms with E-state index in [1.165, 1.54) is 0 Å². The van der Waals surface area contributed by atoms with E-state index < -0.39 is 15.4 Å². The van der Waals surface area contributed by atoms with Crippen LogP contribution in [0.25, 0.3) is 0 Å². The maximum Gasteiger partial charge on any atom is 0.251 e. The smallest absolute Gasteiger partial charge is 0.251 e. The van der Waals surface area contributed by atoms with Gasteiger partial charge in [-0.05, 0) is 25.5 Å². The summed E-state index contributed by atoms with van der Waals surface area (Å²) < 4.78 is 23.0. The molecule has 0 unspecified atom stereocenters. The van der Waals surface area contributed by atoms with Gasteiger partial charge in [0, 0.05) is 18.5 Å². The third-order valence-corrected chi connectivity index (χ3v) is 5.52. The molecule has 1 aromatic rings. The molecule has 0 bridgehead atoms. The molecule has 7 heteroatoms. The standard InChI is InChI=1S/C15H20N2O4S/c1-15(8-10-22(20,21)11-15)17-13(18)7-9-16-14(19)12-5-3-2-4-6-12/h2-6H,7-11H2,1H3,(H,16,19)(H,17,18)/t15-/m1/s1. The second-order valence-electron chi connectivity index (χ2n) is 5.82. The fourth-order valence-corrected chi connectivity index (χ4v) is 4.58. The molecule has 2 rings (SSSR count). The van der Waals surface area contributed by atoms with Crippen molar-refractivity contribution in [1.29, 1.82) is 0 Å². The molecule has 1 aliphatic rings. The Morgan fingerprint density at radius 1 is 1.23 bits per heavy atom. The lowest BCUT2D eigenvalue weighted by molar-refractivity contribution is -0.122. The highest BCUT2D eigenvalue weighted by Gasteiger charge is 2.39. The van der Waals surface area contributed by atoms with Crippen molar-refractivity contribution in [3.8, 4) is 0 Å². The molecule has 2 amide bonds.